The van der Waals surface area contributed by atoms with Gasteiger partial charge in [0, 0.05) is 6.42 Å². The average molecular weight is 469 g/mol. The van der Waals surface area contributed by atoms with Crippen LogP contribution in [0.2, 0.25) is 0 Å². The van der Waals surface area contributed by atoms with Crippen molar-refractivity contribution in [3.8, 4) is 5.75 Å². The van der Waals surface area contributed by atoms with E-state index >= 15 is 0 Å². The Balaban J connectivity index is 2.92. The van der Waals surface area contributed by atoms with Gasteiger partial charge in [0.2, 0.25) is 17.7 Å². The summed E-state index contributed by atoms with van der Waals surface area (Å²) in [6.07, 6.45) is 0.101. The zero-order valence-electron chi connectivity index (χ0n) is 18.5. The second-order valence-corrected chi connectivity index (χ2v) is 7.99. The third-order valence-electron chi connectivity index (χ3n) is 4.68. The standard InChI is InChI=1S/C21H32N4O8/c1-11(2)7-15(23-20(31)17(10-27)25-18(29)14(22)9-26)19(30)24-16(21(32)33)8-12-3-5-13(28)6-4-12/h3-6,11,14-17,26-28H,7-10,22H2,1-2H3,(H,23,31)(H,24,30)(H,25,29)(H,32,33). The van der Waals surface area contributed by atoms with Crippen LogP contribution in [0.3, 0.4) is 0 Å². The predicted octanol–water partition coefficient (Wildman–Crippen LogP) is -2.17. The second-order valence-electron chi connectivity index (χ2n) is 7.99. The normalized spacial score (nSPS) is 14.6. The Hall–Kier alpha value is -3.22. The first-order chi connectivity index (χ1) is 15.5. The molecule has 1 aromatic carbocycles. The van der Waals surface area contributed by atoms with Crippen molar-refractivity contribution in [3.05, 3.63) is 29.8 Å². The number of aliphatic hydroxyl groups is 2. The van der Waals surface area contributed by atoms with Crippen LogP contribution in [0, 0.1) is 5.92 Å². The van der Waals surface area contributed by atoms with Gasteiger partial charge in [-0.05, 0) is 30.0 Å². The molecule has 0 saturated carbocycles. The van der Waals surface area contributed by atoms with Gasteiger partial charge in [-0.15, -0.1) is 0 Å². The second kappa shape index (κ2) is 13.4. The summed E-state index contributed by atoms with van der Waals surface area (Å²) in [4.78, 5) is 48.9. The van der Waals surface area contributed by atoms with Gasteiger partial charge in [-0.1, -0.05) is 26.0 Å². The van der Waals surface area contributed by atoms with Gasteiger partial charge in [0.15, 0.2) is 0 Å². The minimum Gasteiger partial charge on any atom is -0.508 e. The Morgan fingerprint density at radius 1 is 0.848 bits per heavy atom. The molecule has 0 bridgehead atoms. The lowest BCUT2D eigenvalue weighted by Crippen LogP contribution is -2.58. The van der Waals surface area contributed by atoms with Crippen LogP contribution < -0.4 is 21.7 Å². The van der Waals surface area contributed by atoms with Crippen LogP contribution in [0.25, 0.3) is 0 Å². The number of phenolic OH excluding ortho intramolecular Hbond substituents is 1. The highest BCUT2D eigenvalue weighted by atomic mass is 16.4. The molecule has 184 valence electrons. The number of hydrogen-bond acceptors (Lipinski definition) is 8. The smallest absolute Gasteiger partial charge is 0.326 e. The van der Waals surface area contributed by atoms with Crippen LogP contribution in [-0.2, 0) is 25.6 Å². The van der Waals surface area contributed by atoms with E-state index in [0.29, 0.717) is 5.56 Å². The summed E-state index contributed by atoms with van der Waals surface area (Å²) in [6.45, 7) is 2.14. The number of phenols is 1. The lowest BCUT2D eigenvalue weighted by Gasteiger charge is -2.25. The molecule has 4 atom stereocenters. The monoisotopic (exact) mass is 468 g/mol. The molecule has 0 aromatic heterocycles. The van der Waals surface area contributed by atoms with Crippen molar-refractivity contribution in [1.82, 2.24) is 16.0 Å². The van der Waals surface area contributed by atoms with E-state index in [-0.39, 0.29) is 24.5 Å². The van der Waals surface area contributed by atoms with Crippen molar-refractivity contribution in [2.45, 2.75) is 50.9 Å². The number of carbonyl (C=O) groups is 4. The van der Waals surface area contributed by atoms with Crippen molar-refractivity contribution >= 4 is 23.7 Å². The number of aliphatic hydroxyl groups excluding tert-OH is 2. The number of rotatable bonds is 13. The number of nitrogens with one attached hydrogen (secondary N) is 3. The Morgan fingerprint density at radius 2 is 1.36 bits per heavy atom. The van der Waals surface area contributed by atoms with Crippen LogP contribution in [0.4, 0.5) is 0 Å². The summed E-state index contributed by atoms with van der Waals surface area (Å²) in [6, 6.07) is 0.671. The van der Waals surface area contributed by atoms with E-state index in [0.717, 1.165) is 0 Å². The molecule has 0 aliphatic rings. The van der Waals surface area contributed by atoms with Gasteiger partial charge in [-0.2, -0.15) is 0 Å². The third kappa shape index (κ3) is 9.43. The van der Waals surface area contributed by atoms with E-state index in [4.69, 9.17) is 10.8 Å². The number of carboxylic acids is 1. The molecule has 33 heavy (non-hydrogen) atoms. The third-order valence-corrected chi connectivity index (χ3v) is 4.68. The molecule has 0 aliphatic carbocycles. The Morgan fingerprint density at radius 3 is 1.85 bits per heavy atom. The number of benzene rings is 1. The topological polar surface area (TPSA) is 211 Å². The number of aromatic hydroxyl groups is 1. The van der Waals surface area contributed by atoms with E-state index < -0.39 is 61.1 Å². The van der Waals surface area contributed by atoms with Crippen LogP contribution in [0.1, 0.15) is 25.8 Å². The summed E-state index contributed by atoms with van der Waals surface area (Å²) in [7, 11) is 0. The highest BCUT2D eigenvalue weighted by Gasteiger charge is 2.30. The van der Waals surface area contributed by atoms with E-state index in [1.807, 2.05) is 0 Å². The molecule has 0 spiro atoms. The van der Waals surface area contributed by atoms with Gasteiger partial charge in [0.05, 0.1) is 13.2 Å². The molecule has 0 radical (unpaired) electrons. The van der Waals surface area contributed by atoms with Gasteiger partial charge in [-0.25, -0.2) is 4.79 Å². The Labute approximate surface area is 191 Å². The van der Waals surface area contributed by atoms with Crippen molar-refractivity contribution in [2.24, 2.45) is 11.7 Å². The van der Waals surface area contributed by atoms with E-state index in [2.05, 4.69) is 16.0 Å². The SMILES string of the molecule is CC(C)CC(NC(=O)C(CO)NC(=O)C(N)CO)C(=O)NC(Cc1ccc(O)cc1)C(=O)O. The maximum absolute atomic E-state index is 12.8. The van der Waals surface area contributed by atoms with E-state index in [1.165, 1.54) is 24.3 Å². The largest absolute Gasteiger partial charge is 0.508 e. The summed E-state index contributed by atoms with van der Waals surface area (Å²) in [5.74, 6) is -3.83. The first-order valence-electron chi connectivity index (χ1n) is 10.4. The van der Waals surface area contributed by atoms with Gasteiger partial charge < -0.3 is 42.1 Å². The molecular formula is C21H32N4O8. The number of nitrogens with two attached hydrogens (primary N) is 1. The summed E-state index contributed by atoms with van der Waals surface area (Å²) < 4.78 is 0. The van der Waals surface area contributed by atoms with Crippen LogP contribution in [0.15, 0.2) is 24.3 Å². The summed E-state index contributed by atoms with van der Waals surface area (Å²) in [5, 5.41) is 44.3. The van der Waals surface area contributed by atoms with Gasteiger partial charge in [-0.3, -0.25) is 14.4 Å². The number of aliphatic carboxylic acids is 1. The van der Waals surface area contributed by atoms with Crippen LogP contribution in [-0.4, -0.2) is 81.5 Å². The molecule has 4 unspecified atom stereocenters. The van der Waals surface area contributed by atoms with E-state index in [1.54, 1.807) is 13.8 Å². The molecule has 1 aromatic rings. The first-order valence-corrected chi connectivity index (χ1v) is 10.4. The number of carboxylic acid groups (broad SMARTS) is 1. The van der Waals surface area contributed by atoms with Crippen molar-refractivity contribution in [3.63, 3.8) is 0 Å². The predicted molar refractivity (Wildman–Crippen MR) is 117 cm³/mol. The molecule has 12 heteroatoms. The van der Waals surface area contributed by atoms with Crippen molar-refractivity contribution < 1.29 is 39.6 Å². The summed E-state index contributed by atoms with van der Waals surface area (Å²) in [5.41, 5.74) is 5.94. The maximum atomic E-state index is 12.8. The fourth-order valence-corrected chi connectivity index (χ4v) is 2.87. The minimum atomic E-state index is -1.43. The molecular weight excluding hydrogens is 436 g/mol. The van der Waals surface area contributed by atoms with Crippen LogP contribution in [0.5, 0.6) is 5.75 Å². The minimum absolute atomic E-state index is 0.0137. The highest BCUT2D eigenvalue weighted by molar-refractivity contribution is 5.94. The number of amides is 3. The van der Waals surface area contributed by atoms with Gasteiger partial charge in [0.25, 0.3) is 0 Å². The average Bonchev–Trinajstić information content (AvgIpc) is 2.76. The first kappa shape index (κ1) is 27.8. The molecule has 12 nitrogen and oxygen atoms in total. The summed E-state index contributed by atoms with van der Waals surface area (Å²) >= 11 is 0. The van der Waals surface area contributed by atoms with Crippen molar-refractivity contribution in [1.29, 1.82) is 0 Å². The Kier molecular flexibility index (Phi) is 11.3. The molecule has 0 heterocycles. The molecule has 9 N–H and O–H groups in total. The van der Waals surface area contributed by atoms with Gasteiger partial charge >= 0.3 is 5.97 Å². The fraction of sp³-hybridized carbons (Fsp3) is 0.524. The lowest BCUT2D eigenvalue weighted by molar-refractivity contribution is -0.142. The zero-order chi connectivity index (χ0) is 25.1. The molecule has 0 fully saturated rings. The number of hydrogen-bond donors (Lipinski definition) is 8. The molecule has 0 saturated heterocycles. The van der Waals surface area contributed by atoms with Crippen LogP contribution >= 0.6 is 0 Å². The van der Waals surface area contributed by atoms with Crippen molar-refractivity contribution in [2.75, 3.05) is 13.2 Å². The maximum Gasteiger partial charge on any atom is 0.326 e. The molecule has 0 aliphatic heterocycles. The zero-order valence-corrected chi connectivity index (χ0v) is 18.5. The molecule has 1 rings (SSSR count). The quantitative estimate of drug-likeness (QED) is 0.158. The number of carbonyl (C=O) groups excluding carboxylic acids is 3. The fourth-order valence-electron chi connectivity index (χ4n) is 2.87. The van der Waals surface area contributed by atoms with E-state index in [9.17, 15) is 34.5 Å². The Bertz CT molecular complexity index is 815. The highest BCUT2D eigenvalue weighted by Crippen LogP contribution is 2.12. The molecule has 3 amide bonds. The van der Waals surface area contributed by atoms with Gasteiger partial charge in [0.1, 0.15) is 29.9 Å². The lowest BCUT2D eigenvalue weighted by atomic mass is 10.0.